The molecule has 9 heteroatoms. The minimum absolute atomic E-state index is 0.0679. The molecule has 0 aromatic carbocycles. The van der Waals surface area contributed by atoms with Gasteiger partial charge in [-0.1, -0.05) is 147 Å². The molecular formula is C43H82NO7P. The molecule has 0 heterocycles. The Labute approximate surface area is 320 Å². The number of carbonyl (C=O) groups is 1. The van der Waals surface area contributed by atoms with Crippen LogP contribution >= 0.6 is 7.82 Å². The minimum atomic E-state index is -4.27. The van der Waals surface area contributed by atoms with E-state index in [2.05, 4.69) is 38.2 Å². The number of esters is 1. The molecule has 1 unspecified atom stereocenters. The largest absolute Gasteiger partial charge is 0.492 e. The van der Waals surface area contributed by atoms with Gasteiger partial charge in [-0.05, 0) is 76.7 Å². The summed E-state index contributed by atoms with van der Waals surface area (Å²) < 4.78 is 33.2. The van der Waals surface area contributed by atoms with E-state index >= 15 is 0 Å². The third kappa shape index (κ3) is 39.8. The number of hydrogen-bond donors (Lipinski definition) is 2. The van der Waals surface area contributed by atoms with Gasteiger partial charge in [0.05, 0.1) is 19.5 Å². The number of phosphoric acid groups is 1. The summed E-state index contributed by atoms with van der Waals surface area (Å²) in [5.74, 6) is -0.296. The van der Waals surface area contributed by atoms with E-state index in [1.54, 1.807) is 6.26 Å². The first-order chi connectivity index (χ1) is 25.4. The van der Waals surface area contributed by atoms with Crippen LogP contribution in [0.1, 0.15) is 200 Å². The topological polar surface area (TPSA) is 117 Å². The van der Waals surface area contributed by atoms with Gasteiger partial charge in [-0.15, -0.1) is 0 Å². The Balaban J connectivity index is 4.09. The molecule has 0 saturated heterocycles. The number of hydrogen-bond acceptors (Lipinski definition) is 7. The second-order valence-electron chi connectivity index (χ2n) is 14.3. The maximum Gasteiger partial charge on any atom is 0.472 e. The van der Waals surface area contributed by atoms with E-state index in [9.17, 15) is 14.3 Å². The van der Waals surface area contributed by atoms with E-state index < -0.39 is 13.9 Å². The number of phosphoric ester groups is 1. The zero-order valence-electron chi connectivity index (χ0n) is 33.8. The fourth-order valence-corrected chi connectivity index (χ4v) is 6.62. The van der Waals surface area contributed by atoms with Crippen LogP contribution in [-0.4, -0.2) is 43.3 Å². The molecule has 0 amide bonds. The first-order valence-corrected chi connectivity index (χ1v) is 23.0. The lowest BCUT2D eigenvalue weighted by Crippen LogP contribution is -2.25. The summed E-state index contributed by atoms with van der Waals surface area (Å²) in [4.78, 5) is 22.3. The minimum Gasteiger partial charge on any atom is -0.492 e. The third-order valence-electron chi connectivity index (χ3n) is 9.12. The van der Waals surface area contributed by atoms with Crippen molar-refractivity contribution in [2.75, 3.05) is 26.4 Å². The lowest BCUT2D eigenvalue weighted by atomic mass is 10.1. The summed E-state index contributed by atoms with van der Waals surface area (Å²) in [5, 5.41) is 0. The number of allylic oxidation sites excluding steroid dienone is 5. The van der Waals surface area contributed by atoms with Crippen LogP contribution in [0.5, 0.6) is 0 Å². The Hall–Kier alpha value is -1.44. The molecule has 52 heavy (non-hydrogen) atoms. The highest BCUT2D eigenvalue weighted by molar-refractivity contribution is 7.47. The van der Waals surface area contributed by atoms with Crippen LogP contribution in [-0.2, 0) is 27.9 Å². The Bertz CT molecular complexity index is 895. The smallest absolute Gasteiger partial charge is 0.472 e. The van der Waals surface area contributed by atoms with Crippen molar-refractivity contribution in [3.8, 4) is 0 Å². The monoisotopic (exact) mass is 756 g/mol. The summed E-state index contributed by atoms with van der Waals surface area (Å²) in [6, 6.07) is 0. The molecule has 0 rings (SSSR count). The van der Waals surface area contributed by atoms with Crippen molar-refractivity contribution in [1.29, 1.82) is 0 Å². The first-order valence-electron chi connectivity index (χ1n) is 21.5. The van der Waals surface area contributed by atoms with Gasteiger partial charge in [0, 0.05) is 13.0 Å². The van der Waals surface area contributed by atoms with Crippen LogP contribution in [0.25, 0.3) is 0 Å². The predicted octanol–water partition coefficient (Wildman–Crippen LogP) is 13.0. The number of rotatable bonds is 41. The molecule has 0 fully saturated rings. The van der Waals surface area contributed by atoms with Crippen LogP contribution in [0.3, 0.4) is 0 Å². The SMILES string of the molecule is CCCCCC/C=C\CCCCCCCC/C=C\O[C@H](COC(=O)CCCCCCCCC/C=C\CCCCCCCC)COP(=O)(O)OCCN. The van der Waals surface area contributed by atoms with Crippen molar-refractivity contribution in [2.24, 2.45) is 5.73 Å². The second kappa shape index (κ2) is 40.7. The van der Waals surface area contributed by atoms with Gasteiger partial charge in [0.25, 0.3) is 0 Å². The van der Waals surface area contributed by atoms with Crippen LogP contribution < -0.4 is 5.73 Å². The van der Waals surface area contributed by atoms with E-state index in [-0.39, 0.29) is 32.3 Å². The van der Waals surface area contributed by atoms with Crippen molar-refractivity contribution in [1.82, 2.24) is 0 Å². The predicted molar refractivity (Wildman–Crippen MR) is 219 cm³/mol. The fourth-order valence-electron chi connectivity index (χ4n) is 5.85. The molecule has 0 bridgehead atoms. The highest BCUT2D eigenvalue weighted by Crippen LogP contribution is 2.43. The molecule has 0 spiro atoms. The maximum absolute atomic E-state index is 12.4. The van der Waals surface area contributed by atoms with Crippen LogP contribution in [0.15, 0.2) is 36.6 Å². The Kier molecular flexibility index (Phi) is 39.6. The fraction of sp³-hybridized carbons (Fsp3) is 0.837. The van der Waals surface area contributed by atoms with Crippen molar-refractivity contribution >= 4 is 13.8 Å². The molecule has 0 saturated carbocycles. The molecule has 8 nitrogen and oxygen atoms in total. The summed E-state index contributed by atoms with van der Waals surface area (Å²) in [6.45, 7) is 4.20. The normalized spacial score (nSPS) is 13.8. The zero-order valence-corrected chi connectivity index (χ0v) is 34.7. The van der Waals surface area contributed by atoms with Gasteiger partial charge in [-0.3, -0.25) is 13.8 Å². The number of unbranched alkanes of at least 4 members (excludes halogenated alkanes) is 24. The molecule has 0 radical (unpaired) electrons. The van der Waals surface area contributed by atoms with Crippen molar-refractivity contribution in [3.63, 3.8) is 0 Å². The van der Waals surface area contributed by atoms with E-state index in [4.69, 9.17) is 24.3 Å². The van der Waals surface area contributed by atoms with Crippen LogP contribution in [0.4, 0.5) is 0 Å². The second-order valence-corrected chi connectivity index (χ2v) is 15.7. The highest BCUT2D eigenvalue weighted by atomic mass is 31.2. The maximum atomic E-state index is 12.4. The Morgan fingerprint density at radius 2 is 0.981 bits per heavy atom. The van der Waals surface area contributed by atoms with Gasteiger partial charge in [0.1, 0.15) is 6.61 Å². The van der Waals surface area contributed by atoms with Crippen molar-refractivity contribution < 1.29 is 32.8 Å². The average molecular weight is 756 g/mol. The highest BCUT2D eigenvalue weighted by Gasteiger charge is 2.24. The van der Waals surface area contributed by atoms with E-state index in [1.165, 1.54) is 148 Å². The van der Waals surface area contributed by atoms with Crippen molar-refractivity contribution in [3.05, 3.63) is 36.6 Å². The summed E-state index contributed by atoms with van der Waals surface area (Å²) in [7, 11) is -4.27. The van der Waals surface area contributed by atoms with E-state index in [0.29, 0.717) is 6.42 Å². The van der Waals surface area contributed by atoms with Crippen LogP contribution in [0.2, 0.25) is 0 Å². The molecule has 0 aromatic rings. The van der Waals surface area contributed by atoms with Crippen molar-refractivity contribution in [2.45, 2.75) is 206 Å². The first kappa shape index (κ1) is 50.6. The van der Waals surface area contributed by atoms with Gasteiger partial charge in [0.2, 0.25) is 0 Å². The van der Waals surface area contributed by atoms with Gasteiger partial charge in [-0.25, -0.2) is 4.57 Å². The van der Waals surface area contributed by atoms with Gasteiger partial charge in [0.15, 0.2) is 6.10 Å². The van der Waals surface area contributed by atoms with E-state index in [0.717, 1.165) is 32.1 Å². The summed E-state index contributed by atoms with van der Waals surface area (Å²) in [5.41, 5.74) is 5.36. The molecule has 0 aliphatic heterocycles. The molecule has 306 valence electrons. The van der Waals surface area contributed by atoms with Gasteiger partial charge >= 0.3 is 13.8 Å². The Morgan fingerprint density at radius 1 is 0.577 bits per heavy atom. The standard InChI is InChI=1S/C43H82NO7P/c1-3-5-7-9-11-13-15-17-19-21-22-24-26-28-30-32-34-36-43(45)49-40-42(41-51-52(46,47)50-39-37-44)48-38-35-33-31-29-27-25-23-20-18-16-14-12-10-8-6-4-2/h14,16-17,19,35,38,42H,3-13,15,18,20-34,36-37,39-41,44H2,1-2H3,(H,46,47)/b16-14-,19-17-,38-35-/t42-/m1/s1. The Morgan fingerprint density at radius 3 is 1.44 bits per heavy atom. The summed E-state index contributed by atoms with van der Waals surface area (Å²) in [6.07, 6.45) is 46.9. The molecule has 0 aromatic heterocycles. The van der Waals surface area contributed by atoms with Gasteiger partial charge < -0.3 is 20.1 Å². The number of carbonyl (C=O) groups excluding carboxylic acids is 1. The number of ether oxygens (including phenoxy) is 2. The zero-order chi connectivity index (χ0) is 38.1. The molecule has 3 N–H and O–H groups in total. The third-order valence-corrected chi connectivity index (χ3v) is 10.1. The lowest BCUT2D eigenvalue weighted by Gasteiger charge is -2.19. The van der Waals surface area contributed by atoms with Gasteiger partial charge in [-0.2, -0.15) is 0 Å². The number of nitrogens with two attached hydrogens (primary N) is 1. The molecule has 0 aliphatic rings. The van der Waals surface area contributed by atoms with Crippen LogP contribution in [0, 0.1) is 0 Å². The molecular weight excluding hydrogens is 673 g/mol. The summed E-state index contributed by atoms with van der Waals surface area (Å²) >= 11 is 0. The lowest BCUT2D eigenvalue weighted by molar-refractivity contribution is -0.147. The molecule has 0 aliphatic carbocycles. The van der Waals surface area contributed by atoms with E-state index in [1.807, 2.05) is 6.08 Å². The quantitative estimate of drug-likeness (QED) is 0.0208. The average Bonchev–Trinajstić information content (AvgIpc) is 3.14. The molecule has 2 atom stereocenters.